The van der Waals surface area contributed by atoms with Crippen LogP contribution in [-0.4, -0.2) is 41.4 Å². The smallest absolute Gasteiger partial charge is 0.348 e. The molecule has 0 bridgehead atoms. The minimum atomic E-state index is -4.30. The van der Waals surface area contributed by atoms with Crippen molar-refractivity contribution in [2.45, 2.75) is 44.8 Å². The zero-order valence-corrected chi connectivity index (χ0v) is 14.9. The molecule has 1 atom stereocenters. The van der Waals surface area contributed by atoms with Crippen LogP contribution in [0.2, 0.25) is 0 Å². The number of hydrogen-bond donors (Lipinski definition) is 1. The van der Waals surface area contributed by atoms with Gasteiger partial charge in [0.15, 0.2) is 0 Å². The van der Waals surface area contributed by atoms with E-state index in [1.54, 1.807) is 12.1 Å². The van der Waals surface area contributed by atoms with Crippen molar-refractivity contribution >= 4 is 17.7 Å². The minimum absolute atomic E-state index is 0.231. The molecule has 146 valence electrons. The van der Waals surface area contributed by atoms with E-state index in [4.69, 9.17) is 0 Å². The zero-order valence-electron chi connectivity index (χ0n) is 14.9. The van der Waals surface area contributed by atoms with Gasteiger partial charge in [0.2, 0.25) is 5.91 Å². The summed E-state index contributed by atoms with van der Waals surface area (Å²) in [6.07, 6.45) is -4.56. The van der Waals surface area contributed by atoms with Gasteiger partial charge in [-0.1, -0.05) is 37.6 Å². The van der Waals surface area contributed by atoms with Crippen molar-refractivity contribution in [3.63, 3.8) is 0 Å². The Morgan fingerprint density at radius 2 is 1.74 bits per heavy atom. The SMILES string of the molecule is C=C(CCC(F)(F)F)C(CCC)NC(=O)CN1C(=O)c2ccccc2C1=O. The molecule has 8 heteroatoms. The second kappa shape index (κ2) is 8.37. The highest BCUT2D eigenvalue weighted by Crippen LogP contribution is 2.25. The Kier molecular flexibility index (Phi) is 6.41. The Morgan fingerprint density at radius 1 is 1.19 bits per heavy atom. The summed E-state index contributed by atoms with van der Waals surface area (Å²) in [5, 5.41) is 2.60. The topological polar surface area (TPSA) is 66.5 Å². The summed E-state index contributed by atoms with van der Waals surface area (Å²) in [6, 6.07) is 5.61. The third-order valence-electron chi connectivity index (χ3n) is 4.31. The number of halogens is 3. The second-order valence-electron chi connectivity index (χ2n) is 6.42. The van der Waals surface area contributed by atoms with E-state index in [-0.39, 0.29) is 23.1 Å². The summed E-state index contributed by atoms with van der Waals surface area (Å²) < 4.78 is 37.2. The molecule has 0 radical (unpaired) electrons. The van der Waals surface area contributed by atoms with E-state index in [1.165, 1.54) is 12.1 Å². The van der Waals surface area contributed by atoms with Gasteiger partial charge in [-0.05, 0) is 25.0 Å². The maximum Gasteiger partial charge on any atom is 0.389 e. The number of imide groups is 1. The first-order chi connectivity index (χ1) is 12.6. The van der Waals surface area contributed by atoms with Gasteiger partial charge in [-0.3, -0.25) is 19.3 Å². The maximum atomic E-state index is 12.4. The van der Waals surface area contributed by atoms with Crippen molar-refractivity contribution in [1.29, 1.82) is 0 Å². The second-order valence-corrected chi connectivity index (χ2v) is 6.42. The molecule has 1 N–H and O–H groups in total. The molecule has 5 nitrogen and oxygen atoms in total. The van der Waals surface area contributed by atoms with E-state index in [0.717, 1.165) is 4.90 Å². The molecule has 27 heavy (non-hydrogen) atoms. The molecule has 1 aromatic rings. The van der Waals surface area contributed by atoms with E-state index in [0.29, 0.717) is 12.8 Å². The average molecular weight is 382 g/mol. The van der Waals surface area contributed by atoms with Gasteiger partial charge < -0.3 is 5.32 Å². The van der Waals surface area contributed by atoms with E-state index in [9.17, 15) is 27.6 Å². The number of hydrogen-bond acceptors (Lipinski definition) is 3. The van der Waals surface area contributed by atoms with Crippen molar-refractivity contribution in [2.75, 3.05) is 6.54 Å². The number of nitrogens with one attached hydrogen (secondary N) is 1. The van der Waals surface area contributed by atoms with Gasteiger partial charge in [0.25, 0.3) is 11.8 Å². The van der Waals surface area contributed by atoms with Crippen molar-refractivity contribution in [3.05, 3.63) is 47.5 Å². The molecule has 1 aliphatic heterocycles. The van der Waals surface area contributed by atoms with Crippen LogP contribution in [0.1, 0.15) is 53.3 Å². The Hall–Kier alpha value is -2.64. The largest absolute Gasteiger partial charge is 0.389 e. The van der Waals surface area contributed by atoms with Crippen LogP contribution < -0.4 is 5.32 Å². The Balaban J connectivity index is 1.99. The fraction of sp³-hybridized carbons (Fsp3) is 0.421. The standard InChI is InChI=1S/C19H21F3N2O3/c1-3-6-15(12(2)9-10-19(20,21)22)23-16(25)11-24-17(26)13-7-4-5-8-14(13)18(24)27/h4-5,7-8,15H,2-3,6,9-11H2,1H3,(H,23,25). The molecule has 1 heterocycles. The summed E-state index contributed by atoms with van der Waals surface area (Å²) in [5.74, 6) is -1.74. The average Bonchev–Trinajstić information content (AvgIpc) is 2.84. The third kappa shape index (κ3) is 5.18. The predicted molar refractivity (Wildman–Crippen MR) is 93.1 cm³/mol. The number of nitrogens with zero attached hydrogens (tertiary/aromatic N) is 1. The van der Waals surface area contributed by atoms with Gasteiger partial charge in [0.05, 0.1) is 11.1 Å². The van der Waals surface area contributed by atoms with E-state index in [2.05, 4.69) is 11.9 Å². The van der Waals surface area contributed by atoms with Crippen molar-refractivity contribution in [3.8, 4) is 0 Å². The maximum absolute atomic E-state index is 12.4. The molecule has 1 aliphatic rings. The fourth-order valence-corrected chi connectivity index (χ4v) is 2.91. The molecular weight excluding hydrogens is 361 g/mol. The quantitative estimate of drug-likeness (QED) is 0.553. The molecule has 0 aromatic heterocycles. The predicted octanol–water partition coefficient (Wildman–Crippen LogP) is 3.47. The van der Waals surface area contributed by atoms with E-state index < -0.39 is 42.9 Å². The molecule has 3 amide bonds. The number of rotatable bonds is 8. The van der Waals surface area contributed by atoms with E-state index >= 15 is 0 Å². The molecule has 0 spiro atoms. The zero-order chi connectivity index (χ0) is 20.2. The summed E-state index contributed by atoms with van der Waals surface area (Å²) in [6.45, 7) is 5.01. The molecule has 1 aromatic carbocycles. The van der Waals surface area contributed by atoms with Gasteiger partial charge in [-0.25, -0.2) is 0 Å². The molecule has 0 saturated heterocycles. The van der Waals surface area contributed by atoms with Crippen LogP contribution in [0.15, 0.2) is 36.4 Å². The highest BCUT2D eigenvalue weighted by molar-refractivity contribution is 6.22. The lowest BCUT2D eigenvalue weighted by molar-refractivity contribution is -0.134. The first kappa shape index (κ1) is 20.7. The lowest BCUT2D eigenvalue weighted by Gasteiger charge is -2.22. The van der Waals surface area contributed by atoms with Gasteiger partial charge in [0, 0.05) is 12.5 Å². The molecular formula is C19H21F3N2O3. The van der Waals surface area contributed by atoms with Crippen LogP contribution in [0.5, 0.6) is 0 Å². The number of carbonyl (C=O) groups excluding carboxylic acids is 3. The lowest BCUT2D eigenvalue weighted by atomic mass is 9.99. The molecule has 0 fully saturated rings. The fourth-order valence-electron chi connectivity index (χ4n) is 2.91. The van der Waals surface area contributed by atoms with Crippen LogP contribution in [0.4, 0.5) is 13.2 Å². The highest BCUT2D eigenvalue weighted by atomic mass is 19.4. The van der Waals surface area contributed by atoms with Crippen molar-refractivity contribution in [2.24, 2.45) is 0 Å². The molecule has 0 saturated carbocycles. The highest BCUT2D eigenvalue weighted by Gasteiger charge is 2.36. The van der Waals surface area contributed by atoms with Crippen LogP contribution >= 0.6 is 0 Å². The monoisotopic (exact) mass is 382 g/mol. The first-order valence-corrected chi connectivity index (χ1v) is 8.63. The summed E-state index contributed by atoms with van der Waals surface area (Å²) in [5.41, 5.74) is 0.731. The van der Waals surface area contributed by atoms with Gasteiger partial charge in [-0.2, -0.15) is 13.2 Å². The number of carbonyl (C=O) groups is 3. The van der Waals surface area contributed by atoms with Gasteiger partial charge >= 0.3 is 6.18 Å². The Morgan fingerprint density at radius 3 is 2.22 bits per heavy atom. The van der Waals surface area contributed by atoms with Gasteiger partial charge in [0.1, 0.15) is 6.54 Å². The summed E-state index contributed by atoms with van der Waals surface area (Å²) >= 11 is 0. The molecule has 2 rings (SSSR count). The van der Waals surface area contributed by atoms with Crippen molar-refractivity contribution < 1.29 is 27.6 Å². The number of fused-ring (bicyclic) bond motifs is 1. The Bertz CT molecular complexity index is 724. The third-order valence-corrected chi connectivity index (χ3v) is 4.31. The van der Waals surface area contributed by atoms with Crippen LogP contribution in [0.3, 0.4) is 0 Å². The van der Waals surface area contributed by atoms with Crippen LogP contribution in [0, 0.1) is 0 Å². The van der Waals surface area contributed by atoms with Crippen LogP contribution in [-0.2, 0) is 4.79 Å². The summed E-state index contributed by atoms with van der Waals surface area (Å²) in [4.78, 5) is 37.7. The van der Waals surface area contributed by atoms with Crippen LogP contribution in [0.25, 0.3) is 0 Å². The normalized spacial score (nSPS) is 14.9. The Labute approximate surface area is 155 Å². The van der Waals surface area contributed by atoms with Gasteiger partial charge in [-0.15, -0.1) is 0 Å². The first-order valence-electron chi connectivity index (χ1n) is 8.63. The number of amides is 3. The molecule has 0 aliphatic carbocycles. The van der Waals surface area contributed by atoms with E-state index in [1.807, 2.05) is 6.92 Å². The minimum Gasteiger partial charge on any atom is -0.348 e. The number of alkyl halides is 3. The lowest BCUT2D eigenvalue weighted by Crippen LogP contribution is -2.44. The molecule has 1 unspecified atom stereocenters. The van der Waals surface area contributed by atoms with Crippen molar-refractivity contribution in [1.82, 2.24) is 10.2 Å². The number of benzene rings is 1. The summed E-state index contributed by atoms with van der Waals surface area (Å²) in [7, 11) is 0.